The second-order valence-electron chi connectivity index (χ2n) is 6.64. The molecule has 0 saturated carbocycles. The highest BCUT2D eigenvalue weighted by molar-refractivity contribution is 6.31. The summed E-state index contributed by atoms with van der Waals surface area (Å²) < 4.78 is 16.6. The third-order valence-electron chi connectivity index (χ3n) is 4.63. The van der Waals surface area contributed by atoms with Gasteiger partial charge in [-0.3, -0.25) is 0 Å². The molecule has 3 rings (SSSR count). The van der Waals surface area contributed by atoms with Crippen molar-refractivity contribution in [2.45, 2.75) is 19.6 Å². The lowest BCUT2D eigenvalue weighted by molar-refractivity contribution is 0.284. The maximum absolute atomic E-state index is 6.48. The van der Waals surface area contributed by atoms with Crippen molar-refractivity contribution in [3.63, 3.8) is 0 Å². The summed E-state index contributed by atoms with van der Waals surface area (Å²) in [4.78, 5) is 0. The molecular formula is C24H26ClNO3. The fraction of sp³-hybridized carbons (Fsp3) is 0.250. The Morgan fingerprint density at radius 3 is 2.28 bits per heavy atom. The van der Waals surface area contributed by atoms with Crippen molar-refractivity contribution in [2.24, 2.45) is 0 Å². The Kier molecular flexibility index (Phi) is 7.79. The lowest BCUT2D eigenvalue weighted by Gasteiger charge is -2.14. The van der Waals surface area contributed by atoms with E-state index in [9.17, 15) is 0 Å². The Hall–Kier alpha value is -2.69. The molecule has 3 aromatic rings. The van der Waals surface area contributed by atoms with E-state index in [1.165, 1.54) is 5.56 Å². The van der Waals surface area contributed by atoms with Gasteiger partial charge in [-0.25, -0.2) is 0 Å². The van der Waals surface area contributed by atoms with Crippen molar-refractivity contribution in [1.29, 1.82) is 0 Å². The van der Waals surface area contributed by atoms with Gasteiger partial charge in [0.25, 0.3) is 0 Å². The molecule has 0 unspecified atom stereocenters. The average molecular weight is 412 g/mol. The van der Waals surface area contributed by atoms with Crippen LogP contribution in [0.5, 0.6) is 17.2 Å². The molecule has 0 aliphatic heterocycles. The van der Waals surface area contributed by atoms with Crippen molar-refractivity contribution in [3.05, 3.63) is 88.4 Å². The van der Waals surface area contributed by atoms with Gasteiger partial charge in [0.1, 0.15) is 12.4 Å². The summed E-state index contributed by atoms with van der Waals surface area (Å²) in [5, 5.41) is 4.09. The van der Waals surface area contributed by atoms with Crippen molar-refractivity contribution in [2.75, 3.05) is 20.8 Å². The molecule has 0 bridgehead atoms. The van der Waals surface area contributed by atoms with Crippen LogP contribution in [0.1, 0.15) is 16.7 Å². The standard InChI is InChI=1S/C24H26ClNO3/c1-27-21-10-8-18(9-11-21)12-13-26-16-20-14-23(28-2)24(15-22(20)25)29-17-19-6-4-3-5-7-19/h3-11,14-15,26H,12-13,16-17H2,1-2H3. The molecule has 0 spiro atoms. The van der Waals surface area contributed by atoms with Gasteiger partial charge in [0.2, 0.25) is 0 Å². The summed E-state index contributed by atoms with van der Waals surface area (Å²) in [6.45, 7) is 1.97. The Labute approximate surface area is 177 Å². The molecule has 1 N–H and O–H groups in total. The van der Waals surface area contributed by atoms with Crippen LogP contribution in [0.15, 0.2) is 66.7 Å². The first kappa shape index (κ1) is 21.0. The van der Waals surface area contributed by atoms with Gasteiger partial charge in [-0.1, -0.05) is 54.1 Å². The van der Waals surface area contributed by atoms with Gasteiger partial charge in [0.05, 0.1) is 14.2 Å². The number of nitrogens with one attached hydrogen (secondary N) is 1. The summed E-state index contributed by atoms with van der Waals surface area (Å²) in [6, 6.07) is 21.9. The van der Waals surface area contributed by atoms with E-state index < -0.39 is 0 Å². The second-order valence-corrected chi connectivity index (χ2v) is 7.05. The SMILES string of the molecule is COc1ccc(CCNCc2cc(OC)c(OCc3ccccc3)cc2Cl)cc1. The van der Waals surface area contributed by atoms with Gasteiger partial charge in [-0.2, -0.15) is 0 Å². The van der Waals surface area contributed by atoms with Crippen LogP contribution in [0.2, 0.25) is 5.02 Å². The van der Waals surface area contributed by atoms with E-state index in [0.717, 1.165) is 29.8 Å². The largest absolute Gasteiger partial charge is 0.497 e. The minimum absolute atomic E-state index is 0.465. The first-order chi connectivity index (χ1) is 14.2. The highest BCUT2D eigenvalue weighted by Crippen LogP contribution is 2.34. The van der Waals surface area contributed by atoms with Crippen molar-refractivity contribution < 1.29 is 14.2 Å². The Bertz CT molecular complexity index is 898. The lowest BCUT2D eigenvalue weighted by Crippen LogP contribution is -2.17. The highest BCUT2D eigenvalue weighted by atomic mass is 35.5. The summed E-state index contributed by atoms with van der Waals surface area (Å²) >= 11 is 6.48. The smallest absolute Gasteiger partial charge is 0.163 e. The predicted molar refractivity (Wildman–Crippen MR) is 117 cm³/mol. The Morgan fingerprint density at radius 1 is 0.828 bits per heavy atom. The second kappa shape index (κ2) is 10.7. The number of rotatable bonds is 10. The summed E-state index contributed by atoms with van der Waals surface area (Å²) in [5.74, 6) is 2.19. The monoisotopic (exact) mass is 411 g/mol. The van der Waals surface area contributed by atoms with Crippen molar-refractivity contribution >= 4 is 11.6 Å². The quantitative estimate of drug-likeness (QED) is 0.461. The molecule has 0 heterocycles. The van der Waals surface area contributed by atoms with Gasteiger partial charge in [0.15, 0.2) is 11.5 Å². The molecule has 152 valence electrons. The zero-order valence-corrected chi connectivity index (χ0v) is 17.5. The van der Waals surface area contributed by atoms with Crippen LogP contribution in [0.3, 0.4) is 0 Å². The summed E-state index contributed by atoms with van der Waals surface area (Å²) in [5.41, 5.74) is 3.33. The van der Waals surface area contributed by atoms with Gasteiger partial charge < -0.3 is 19.5 Å². The van der Waals surface area contributed by atoms with Crippen molar-refractivity contribution in [1.82, 2.24) is 5.32 Å². The molecule has 0 atom stereocenters. The topological polar surface area (TPSA) is 39.7 Å². The highest BCUT2D eigenvalue weighted by Gasteiger charge is 2.11. The number of benzene rings is 3. The molecule has 0 aromatic heterocycles. The first-order valence-electron chi connectivity index (χ1n) is 9.56. The van der Waals surface area contributed by atoms with E-state index in [1.807, 2.05) is 54.6 Å². The average Bonchev–Trinajstić information content (AvgIpc) is 2.77. The molecule has 0 radical (unpaired) electrons. The van der Waals surface area contributed by atoms with Crippen LogP contribution in [-0.2, 0) is 19.6 Å². The van der Waals surface area contributed by atoms with E-state index in [-0.39, 0.29) is 0 Å². The number of ether oxygens (including phenoxy) is 3. The van der Waals surface area contributed by atoms with E-state index in [2.05, 4.69) is 17.4 Å². The zero-order chi connectivity index (χ0) is 20.5. The van der Waals surface area contributed by atoms with Crippen LogP contribution < -0.4 is 19.5 Å². The van der Waals surface area contributed by atoms with Crippen LogP contribution in [0.25, 0.3) is 0 Å². The van der Waals surface area contributed by atoms with Gasteiger partial charge in [-0.15, -0.1) is 0 Å². The van der Waals surface area contributed by atoms with Gasteiger partial charge >= 0.3 is 0 Å². The van der Waals surface area contributed by atoms with E-state index in [1.54, 1.807) is 14.2 Å². The molecule has 0 fully saturated rings. The Morgan fingerprint density at radius 2 is 1.59 bits per heavy atom. The van der Waals surface area contributed by atoms with Crippen LogP contribution in [0, 0.1) is 0 Å². The number of hydrogen-bond acceptors (Lipinski definition) is 4. The van der Waals surface area contributed by atoms with Gasteiger partial charge in [0, 0.05) is 17.6 Å². The molecule has 0 amide bonds. The van der Waals surface area contributed by atoms with E-state index in [0.29, 0.717) is 29.7 Å². The fourth-order valence-corrected chi connectivity index (χ4v) is 3.19. The molecule has 5 heteroatoms. The minimum atomic E-state index is 0.465. The Balaban J connectivity index is 1.55. The number of methoxy groups -OCH3 is 2. The van der Waals surface area contributed by atoms with Crippen LogP contribution >= 0.6 is 11.6 Å². The molecule has 3 aromatic carbocycles. The van der Waals surface area contributed by atoms with Gasteiger partial charge in [-0.05, 0) is 47.9 Å². The molecule has 0 aliphatic carbocycles. The van der Waals surface area contributed by atoms with Crippen LogP contribution in [-0.4, -0.2) is 20.8 Å². The molecule has 4 nitrogen and oxygen atoms in total. The molecule has 0 saturated heterocycles. The molecular weight excluding hydrogens is 386 g/mol. The first-order valence-corrected chi connectivity index (χ1v) is 9.94. The number of hydrogen-bond donors (Lipinski definition) is 1. The summed E-state index contributed by atoms with van der Waals surface area (Å²) in [7, 11) is 3.31. The lowest BCUT2D eigenvalue weighted by atomic mass is 10.1. The van der Waals surface area contributed by atoms with E-state index in [4.69, 9.17) is 25.8 Å². The fourth-order valence-electron chi connectivity index (χ4n) is 2.97. The maximum atomic E-state index is 6.48. The van der Waals surface area contributed by atoms with Crippen molar-refractivity contribution in [3.8, 4) is 17.2 Å². The third kappa shape index (κ3) is 6.14. The van der Waals surface area contributed by atoms with E-state index >= 15 is 0 Å². The zero-order valence-electron chi connectivity index (χ0n) is 16.8. The normalized spacial score (nSPS) is 10.6. The number of halogens is 1. The maximum Gasteiger partial charge on any atom is 0.163 e. The minimum Gasteiger partial charge on any atom is -0.497 e. The molecule has 29 heavy (non-hydrogen) atoms. The van der Waals surface area contributed by atoms with Crippen LogP contribution in [0.4, 0.5) is 0 Å². The third-order valence-corrected chi connectivity index (χ3v) is 4.99. The molecule has 0 aliphatic rings. The predicted octanol–water partition coefficient (Wildman–Crippen LogP) is 5.27. The summed E-state index contributed by atoms with van der Waals surface area (Å²) in [6.07, 6.45) is 0.928.